The lowest BCUT2D eigenvalue weighted by atomic mass is 10.1. The number of aliphatic hydroxyl groups excluding tert-OH is 1. The number of carbonyl (C=O) groups excluding carboxylic acids is 1. The number of urea groups is 1. The van der Waals surface area contributed by atoms with Crippen LogP contribution in [0.2, 0.25) is 0 Å². The van der Waals surface area contributed by atoms with Crippen molar-refractivity contribution >= 4 is 17.4 Å². The average molecular weight is 307 g/mol. The van der Waals surface area contributed by atoms with Crippen molar-refractivity contribution < 1.29 is 14.3 Å². The van der Waals surface area contributed by atoms with Gasteiger partial charge in [-0.15, -0.1) is 0 Å². The molecule has 1 saturated carbocycles. The zero-order chi connectivity index (χ0) is 15.6. The van der Waals surface area contributed by atoms with E-state index >= 15 is 0 Å². The topological polar surface area (TPSA) is 64.6 Å². The molecule has 22 heavy (non-hydrogen) atoms. The lowest BCUT2D eigenvalue weighted by Crippen LogP contribution is -2.35. The highest BCUT2D eigenvalue weighted by atomic mass is 19.1. The maximum Gasteiger partial charge on any atom is 0.319 e. The monoisotopic (exact) mass is 307 g/mol. The van der Waals surface area contributed by atoms with Gasteiger partial charge in [-0.05, 0) is 43.9 Å². The fraction of sp³-hybridized carbons (Fsp3) is 0.562. The number of rotatable bonds is 5. The highest BCUT2D eigenvalue weighted by Crippen LogP contribution is 2.44. The Labute approximate surface area is 129 Å². The summed E-state index contributed by atoms with van der Waals surface area (Å²) in [7, 11) is 0. The molecular formula is C16H22FN3O2. The summed E-state index contributed by atoms with van der Waals surface area (Å²) in [5.74, 6) is -0.311. The number of amides is 2. The van der Waals surface area contributed by atoms with E-state index in [9.17, 15) is 14.3 Å². The molecule has 0 unspecified atom stereocenters. The Morgan fingerprint density at radius 2 is 2.05 bits per heavy atom. The van der Waals surface area contributed by atoms with Gasteiger partial charge in [0, 0.05) is 30.7 Å². The molecule has 3 N–H and O–H groups in total. The van der Waals surface area contributed by atoms with Crippen LogP contribution in [-0.4, -0.2) is 37.4 Å². The second-order valence-corrected chi connectivity index (χ2v) is 6.33. The fourth-order valence-corrected chi connectivity index (χ4v) is 2.81. The first kappa shape index (κ1) is 15.1. The van der Waals surface area contributed by atoms with E-state index in [1.165, 1.54) is 6.07 Å². The predicted octanol–water partition coefficient (Wildman–Crippen LogP) is 2.32. The smallest absolute Gasteiger partial charge is 0.319 e. The van der Waals surface area contributed by atoms with Crippen molar-refractivity contribution in [2.45, 2.75) is 25.7 Å². The fourth-order valence-electron chi connectivity index (χ4n) is 2.81. The first-order chi connectivity index (χ1) is 10.6. The van der Waals surface area contributed by atoms with Gasteiger partial charge in [-0.3, -0.25) is 0 Å². The molecule has 6 heteroatoms. The molecular weight excluding hydrogens is 285 g/mol. The third kappa shape index (κ3) is 3.32. The van der Waals surface area contributed by atoms with E-state index in [2.05, 4.69) is 10.6 Å². The normalized spacial score (nSPS) is 19.1. The van der Waals surface area contributed by atoms with E-state index in [0.29, 0.717) is 17.9 Å². The summed E-state index contributed by atoms with van der Waals surface area (Å²) in [4.78, 5) is 13.8. The molecule has 1 aliphatic carbocycles. The first-order valence-electron chi connectivity index (χ1n) is 7.82. The molecule has 0 bridgehead atoms. The number of hydrogen-bond acceptors (Lipinski definition) is 3. The quantitative estimate of drug-likeness (QED) is 0.782. The van der Waals surface area contributed by atoms with Crippen LogP contribution < -0.4 is 15.5 Å². The van der Waals surface area contributed by atoms with Crippen LogP contribution in [0.5, 0.6) is 0 Å². The largest absolute Gasteiger partial charge is 0.396 e. The minimum Gasteiger partial charge on any atom is -0.396 e. The number of benzene rings is 1. The average Bonchev–Trinajstić information content (AvgIpc) is 3.10. The van der Waals surface area contributed by atoms with Crippen molar-refractivity contribution in [2.75, 3.05) is 36.5 Å². The van der Waals surface area contributed by atoms with Crippen molar-refractivity contribution in [1.82, 2.24) is 5.32 Å². The van der Waals surface area contributed by atoms with E-state index < -0.39 is 0 Å². The number of halogens is 1. The number of nitrogens with one attached hydrogen (secondary N) is 2. The molecule has 1 saturated heterocycles. The molecule has 0 radical (unpaired) electrons. The minimum atomic E-state index is -0.368. The molecule has 1 aliphatic heterocycles. The Bertz CT molecular complexity index is 554. The summed E-state index contributed by atoms with van der Waals surface area (Å²) in [6, 6.07) is 4.42. The molecule has 5 nitrogen and oxygen atoms in total. The summed E-state index contributed by atoms with van der Waals surface area (Å²) in [6.45, 7) is 2.30. The van der Waals surface area contributed by atoms with E-state index in [-0.39, 0.29) is 23.9 Å². The van der Waals surface area contributed by atoms with Gasteiger partial charge in [0.05, 0.1) is 12.3 Å². The molecule has 3 rings (SSSR count). The summed E-state index contributed by atoms with van der Waals surface area (Å²) in [6.07, 6.45) is 4.05. The van der Waals surface area contributed by atoms with Crippen molar-refractivity contribution in [1.29, 1.82) is 0 Å². The van der Waals surface area contributed by atoms with Crippen LogP contribution in [0.1, 0.15) is 25.7 Å². The third-order valence-electron chi connectivity index (χ3n) is 4.57. The summed E-state index contributed by atoms with van der Waals surface area (Å²) in [5.41, 5.74) is 0.898. The van der Waals surface area contributed by atoms with Gasteiger partial charge in [-0.2, -0.15) is 0 Å². The molecule has 1 aromatic rings. The number of hydrogen-bond donors (Lipinski definition) is 3. The van der Waals surface area contributed by atoms with Crippen LogP contribution in [0.4, 0.5) is 20.6 Å². The van der Waals surface area contributed by atoms with Gasteiger partial charge in [0.2, 0.25) is 0 Å². The summed E-state index contributed by atoms with van der Waals surface area (Å²) < 4.78 is 14.1. The molecule has 1 aromatic carbocycles. The molecule has 1 heterocycles. The highest BCUT2D eigenvalue weighted by molar-refractivity contribution is 5.89. The SMILES string of the molecule is O=C(NCC1(CO)CC1)Nc1ccc(N2CCCC2)c(F)c1. The zero-order valence-corrected chi connectivity index (χ0v) is 12.6. The van der Waals surface area contributed by atoms with Crippen LogP contribution in [0, 0.1) is 11.2 Å². The van der Waals surface area contributed by atoms with Crippen molar-refractivity contribution in [3.8, 4) is 0 Å². The van der Waals surface area contributed by atoms with E-state index in [0.717, 1.165) is 38.8 Å². The van der Waals surface area contributed by atoms with Gasteiger partial charge in [-0.1, -0.05) is 0 Å². The maximum absolute atomic E-state index is 14.1. The van der Waals surface area contributed by atoms with Gasteiger partial charge >= 0.3 is 6.03 Å². The number of carbonyl (C=O) groups is 1. The molecule has 0 aromatic heterocycles. The van der Waals surface area contributed by atoms with Gasteiger partial charge in [0.1, 0.15) is 5.82 Å². The third-order valence-corrected chi connectivity index (χ3v) is 4.57. The Kier molecular flexibility index (Phi) is 4.20. The van der Waals surface area contributed by atoms with Gasteiger partial charge in [-0.25, -0.2) is 9.18 Å². The highest BCUT2D eigenvalue weighted by Gasteiger charge is 2.42. The molecule has 2 aliphatic rings. The maximum atomic E-state index is 14.1. The Morgan fingerprint density at radius 3 is 2.64 bits per heavy atom. The summed E-state index contributed by atoms with van der Waals surface area (Å²) in [5, 5.41) is 14.6. The Hall–Kier alpha value is -1.82. The van der Waals surface area contributed by atoms with E-state index in [4.69, 9.17) is 0 Å². The van der Waals surface area contributed by atoms with Crippen LogP contribution >= 0.6 is 0 Å². The Balaban J connectivity index is 1.55. The number of nitrogens with zero attached hydrogens (tertiary/aromatic N) is 1. The zero-order valence-electron chi connectivity index (χ0n) is 12.6. The number of aliphatic hydroxyl groups is 1. The molecule has 0 spiro atoms. The van der Waals surface area contributed by atoms with Crippen LogP contribution in [-0.2, 0) is 0 Å². The molecule has 2 fully saturated rings. The van der Waals surface area contributed by atoms with Gasteiger partial charge in [0.15, 0.2) is 0 Å². The van der Waals surface area contributed by atoms with Crippen molar-refractivity contribution in [3.63, 3.8) is 0 Å². The molecule has 2 amide bonds. The molecule has 120 valence electrons. The van der Waals surface area contributed by atoms with Crippen LogP contribution in [0.15, 0.2) is 18.2 Å². The Morgan fingerprint density at radius 1 is 1.32 bits per heavy atom. The minimum absolute atomic E-state index is 0.0897. The lowest BCUT2D eigenvalue weighted by molar-refractivity contribution is 0.206. The van der Waals surface area contributed by atoms with Crippen molar-refractivity contribution in [2.24, 2.45) is 5.41 Å². The lowest BCUT2D eigenvalue weighted by Gasteiger charge is -2.19. The van der Waals surface area contributed by atoms with E-state index in [1.54, 1.807) is 12.1 Å². The molecule has 0 atom stereocenters. The van der Waals surface area contributed by atoms with Crippen LogP contribution in [0.3, 0.4) is 0 Å². The summed E-state index contributed by atoms with van der Waals surface area (Å²) >= 11 is 0. The second kappa shape index (κ2) is 6.12. The number of anilines is 2. The standard InChI is InChI=1S/C16H22FN3O2/c17-13-9-12(3-4-14(13)20-7-1-2-8-20)19-15(22)18-10-16(11-21)5-6-16/h3-4,9,21H,1-2,5-8,10-11H2,(H2,18,19,22). The van der Waals surface area contributed by atoms with Gasteiger partial charge in [0.25, 0.3) is 0 Å². The first-order valence-corrected chi connectivity index (χ1v) is 7.82. The van der Waals surface area contributed by atoms with E-state index in [1.807, 2.05) is 4.90 Å². The second-order valence-electron chi connectivity index (χ2n) is 6.33. The van der Waals surface area contributed by atoms with Crippen LogP contribution in [0.25, 0.3) is 0 Å². The predicted molar refractivity (Wildman–Crippen MR) is 83.6 cm³/mol. The van der Waals surface area contributed by atoms with Gasteiger partial charge < -0.3 is 20.6 Å². The van der Waals surface area contributed by atoms with Crippen molar-refractivity contribution in [3.05, 3.63) is 24.0 Å².